The van der Waals surface area contributed by atoms with Crippen LogP contribution in [0.2, 0.25) is 0 Å². The van der Waals surface area contributed by atoms with Crippen LogP contribution in [0, 0.1) is 17.3 Å². The maximum Gasteiger partial charge on any atom is 0.435 e. The molecule has 0 aliphatic heterocycles. The maximum absolute atomic E-state index is 13.0. The Morgan fingerprint density at radius 2 is 1.54 bits per heavy atom. The predicted molar refractivity (Wildman–Crippen MR) is 114 cm³/mol. The zero-order valence-corrected chi connectivity index (χ0v) is 20.1. The molecular formula is C25H29F9O3. The Bertz CT molecular complexity index is 936. The summed E-state index contributed by atoms with van der Waals surface area (Å²) >= 11 is 0. The summed E-state index contributed by atoms with van der Waals surface area (Å²) in [6.07, 6.45) is -16.1. The van der Waals surface area contributed by atoms with Crippen LogP contribution in [0.3, 0.4) is 0 Å². The molecule has 4 rings (SSSR count). The molecule has 1 N–H and O–H groups in total. The molecule has 0 spiro atoms. The smallest absolute Gasteiger partial charge is 0.435 e. The lowest BCUT2D eigenvalue weighted by molar-refractivity contribution is -0.457. The molecule has 1 aromatic carbocycles. The monoisotopic (exact) mass is 548 g/mol. The molecule has 3 aliphatic rings. The molecule has 210 valence electrons. The molecule has 3 nitrogen and oxygen atoms in total. The molecule has 1 unspecified atom stereocenters. The van der Waals surface area contributed by atoms with Gasteiger partial charge in [-0.2, -0.15) is 39.5 Å². The van der Waals surface area contributed by atoms with Gasteiger partial charge in [0.25, 0.3) is 0 Å². The third kappa shape index (κ3) is 4.70. The molecule has 0 aromatic heterocycles. The van der Waals surface area contributed by atoms with Crippen LogP contribution in [-0.4, -0.2) is 48.6 Å². The summed E-state index contributed by atoms with van der Waals surface area (Å²) in [6, 6.07) is 5.45. The number of aryl methyl sites for hydroxylation is 1. The summed E-state index contributed by atoms with van der Waals surface area (Å²) in [7, 11) is 0. The van der Waals surface area contributed by atoms with Gasteiger partial charge in [0, 0.05) is 6.61 Å². The van der Waals surface area contributed by atoms with E-state index in [2.05, 4.69) is 11.7 Å². The van der Waals surface area contributed by atoms with E-state index in [0.717, 1.165) is 37.7 Å². The van der Waals surface area contributed by atoms with Crippen LogP contribution >= 0.6 is 0 Å². The summed E-state index contributed by atoms with van der Waals surface area (Å²) in [5, 5.41) is 9.80. The Morgan fingerprint density at radius 3 is 2.16 bits per heavy atom. The number of alkyl halides is 9. The molecule has 0 heterocycles. The normalized spacial score (nSPS) is 30.5. The van der Waals surface area contributed by atoms with Gasteiger partial charge in [-0.1, -0.05) is 13.0 Å². The second kappa shape index (κ2) is 9.50. The summed E-state index contributed by atoms with van der Waals surface area (Å²) in [5.74, 6) is 1.27. The number of hydrogen-bond donors (Lipinski definition) is 1. The second-order valence-electron chi connectivity index (χ2n) is 10.7. The van der Waals surface area contributed by atoms with Gasteiger partial charge in [0.1, 0.15) is 5.75 Å². The van der Waals surface area contributed by atoms with E-state index in [1.54, 1.807) is 12.1 Å². The van der Waals surface area contributed by atoms with E-state index in [-0.39, 0.29) is 23.9 Å². The van der Waals surface area contributed by atoms with Crippen LogP contribution in [0.5, 0.6) is 5.75 Å². The first-order valence-corrected chi connectivity index (χ1v) is 12.3. The molecular weight excluding hydrogens is 519 g/mol. The molecule has 0 amide bonds. The number of fused-ring (bicyclic) bond motifs is 5. The molecule has 5 atom stereocenters. The lowest BCUT2D eigenvalue weighted by Crippen LogP contribution is -2.67. The van der Waals surface area contributed by atoms with Crippen molar-refractivity contribution in [3.8, 4) is 5.75 Å². The van der Waals surface area contributed by atoms with Crippen LogP contribution in [-0.2, 0) is 15.9 Å². The van der Waals surface area contributed by atoms with Crippen molar-refractivity contribution in [3.63, 3.8) is 0 Å². The maximum atomic E-state index is 13.0. The van der Waals surface area contributed by atoms with Crippen molar-refractivity contribution in [2.75, 3.05) is 13.2 Å². The minimum Gasteiger partial charge on any atom is -0.508 e. The zero-order chi connectivity index (χ0) is 27.4. The fourth-order valence-corrected chi connectivity index (χ4v) is 7.03. The summed E-state index contributed by atoms with van der Waals surface area (Å²) in [6.45, 7) is 0.350. The molecule has 37 heavy (non-hydrogen) atoms. The number of phenols is 1. The first-order valence-electron chi connectivity index (χ1n) is 12.3. The quantitative estimate of drug-likeness (QED) is 0.296. The third-order valence-electron chi connectivity index (χ3n) is 8.75. The largest absolute Gasteiger partial charge is 0.508 e. The zero-order valence-electron chi connectivity index (χ0n) is 20.1. The standard InChI is InChI=1S/C25H29F9O3/c1-21-10-9-17-16-6-4-15(35)13-14(16)3-5-18(17)19(21)7-8-20(21)36-11-2-12-37-22(23(26,27)28,24(29,30)31)25(32,33)34/h4,6,13,17-20,35H,2-3,5,7-12H2,1H3/t17-,18?,19+,20+,21+/m1/s1. The van der Waals surface area contributed by atoms with Gasteiger partial charge >= 0.3 is 24.1 Å². The molecule has 2 saturated carbocycles. The Balaban J connectivity index is 1.37. The number of phenolic OH excluding ortho intramolecular Hbond substituents is 1. The molecule has 3 aliphatic carbocycles. The van der Waals surface area contributed by atoms with E-state index in [1.807, 2.05) is 6.07 Å². The van der Waals surface area contributed by atoms with Crippen molar-refractivity contribution >= 4 is 0 Å². The average molecular weight is 548 g/mol. The van der Waals surface area contributed by atoms with Crippen molar-refractivity contribution in [3.05, 3.63) is 29.3 Å². The highest BCUT2D eigenvalue weighted by Crippen LogP contribution is 2.61. The highest BCUT2D eigenvalue weighted by Gasteiger charge is 2.85. The minimum absolute atomic E-state index is 0.231. The van der Waals surface area contributed by atoms with Gasteiger partial charge in [-0.3, -0.25) is 0 Å². The number of ether oxygens (including phenoxy) is 2. The van der Waals surface area contributed by atoms with Crippen LogP contribution < -0.4 is 0 Å². The SMILES string of the molecule is C[C@]12CC[C@@H]3c4ccc(O)cc4CCC3[C@@H]1CC[C@@H]2OCCCOC(C(F)(F)F)(C(F)(F)F)C(F)(F)F. The van der Waals surface area contributed by atoms with E-state index in [0.29, 0.717) is 24.2 Å². The fraction of sp³-hybridized carbons (Fsp3) is 0.760. The predicted octanol–water partition coefficient (Wildman–Crippen LogP) is 7.47. The molecule has 0 radical (unpaired) electrons. The van der Waals surface area contributed by atoms with Gasteiger partial charge < -0.3 is 14.6 Å². The number of aromatic hydroxyl groups is 1. The Labute approximate surface area is 208 Å². The number of rotatable bonds is 6. The van der Waals surface area contributed by atoms with E-state index in [4.69, 9.17) is 4.74 Å². The molecule has 1 aromatic rings. The summed E-state index contributed by atoms with van der Waals surface area (Å²) in [4.78, 5) is 0. The number of halogens is 9. The minimum atomic E-state index is -6.73. The number of hydrogen-bond acceptors (Lipinski definition) is 3. The summed E-state index contributed by atoms with van der Waals surface area (Å²) < 4.78 is 126. The van der Waals surface area contributed by atoms with Crippen LogP contribution in [0.1, 0.15) is 62.5 Å². The van der Waals surface area contributed by atoms with Crippen LogP contribution in [0.15, 0.2) is 18.2 Å². The highest BCUT2D eigenvalue weighted by molar-refractivity contribution is 5.40. The van der Waals surface area contributed by atoms with E-state index >= 15 is 0 Å². The van der Waals surface area contributed by atoms with Crippen molar-refractivity contribution < 1.29 is 54.1 Å². The average Bonchev–Trinajstić information content (AvgIpc) is 3.09. The van der Waals surface area contributed by atoms with E-state index in [9.17, 15) is 44.6 Å². The molecule has 0 bridgehead atoms. The Morgan fingerprint density at radius 1 is 0.892 bits per heavy atom. The summed E-state index contributed by atoms with van der Waals surface area (Å²) in [5.41, 5.74) is -4.11. The van der Waals surface area contributed by atoms with Crippen molar-refractivity contribution in [2.45, 2.75) is 88.0 Å². The van der Waals surface area contributed by atoms with E-state index in [1.165, 1.54) is 5.56 Å². The van der Waals surface area contributed by atoms with Crippen molar-refractivity contribution in [2.24, 2.45) is 17.3 Å². The topological polar surface area (TPSA) is 38.7 Å². The lowest BCUT2D eigenvalue weighted by atomic mass is 9.55. The first-order chi connectivity index (χ1) is 17.0. The van der Waals surface area contributed by atoms with Gasteiger partial charge in [0.15, 0.2) is 0 Å². The molecule has 2 fully saturated rings. The second-order valence-corrected chi connectivity index (χ2v) is 10.7. The Kier molecular flexibility index (Phi) is 7.27. The van der Waals surface area contributed by atoms with Gasteiger partial charge in [0.05, 0.1) is 12.7 Å². The first kappa shape index (κ1) is 28.3. The van der Waals surface area contributed by atoms with Gasteiger partial charge in [0.2, 0.25) is 0 Å². The highest BCUT2D eigenvalue weighted by atomic mass is 19.4. The van der Waals surface area contributed by atoms with Gasteiger partial charge in [-0.25, -0.2) is 0 Å². The molecule has 12 heteroatoms. The fourth-order valence-electron chi connectivity index (χ4n) is 7.03. The lowest BCUT2D eigenvalue weighted by Gasteiger charge is -2.50. The van der Waals surface area contributed by atoms with Gasteiger partial charge in [-0.05, 0) is 91.4 Å². The molecule has 0 saturated heterocycles. The van der Waals surface area contributed by atoms with Crippen molar-refractivity contribution in [1.29, 1.82) is 0 Å². The Hall–Kier alpha value is -1.69. The van der Waals surface area contributed by atoms with Crippen LogP contribution in [0.4, 0.5) is 39.5 Å². The van der Waals surface area contributed by atoms with E-state index < -0.39 is 37.2 Å². The van der Waals surface area contributed by atoms with Crippen LogP contribution in [0.25, 0.3) is 0 Å². The van der Waals surface area contributed by atoms with Crippen molar-refractivity contribution in [1.82, 2.24) is 0 Å². The van der Waals surface area contributed by atoms with Gasteiger partial charge in [-0.15, -0.1) is 0 Å². The number of benzene rings is 1. The third-order valence-corrected chi connectivity index (χ3v) is 8.75.